The summed E-state index contributed by atoms with van der Waals surface area (Å²) in [5.41, 5.74) is 2.29. The van der Waals surface area contributed by atoms with Crippen LogP contribution >= 0.6 is 0 Å². The second-order valence-corrected chi connectivity index (χ2v) is 6.66. The third-order valence-electron chi connectivity index (χ3n) is 4.72. The second kappa shape index (κ2) is 5.68. The molecule has 0 aromatic heterocycles. The van der Waals surface area contributed by atoms with Crippen LogP contribution in [0.15, 0.2) is 18.2 Å². The van der Waals surface area contributed by atoms with Crippen molar-refractivity contribution < 1.29 is 9.90 Å². The Morgan fingerprint density at radius 1 is 1.52 bits per heavy atom. The molecule has 3 rings (SSSR count). The number of anilines is 1. The van der Waals surface area contributed by atoms with E-state index in [9.17, 15) is 9.90 Å². The number of aliphatic hydroxyl groups is 1. The number of hydrogen-bond acceptors (Lipinski definition) is 3. The maximum absolute atomic E-state index is 12.3. The summed E-state index contributed by atoms with van der Waals surface area (Å²) < 4.78 is 0. The summed E-state index contributed by atoms with van der Waals surface area (Å²) in [6, 6.07) is 5.77. The van der Waals surface area contributed by atoms with E-state index >= 15 is 0 Å². The first-order valence-corrected chi connectivity index (χ1v) is 7.93. The number of carbonyl (C=O) groups excluding carboxylic acids is 1. The maximum atomic E-state index is 12.3. The van der Waals surface area contributed by atoms with Gasteiger partial charge in [-0.2, -0.15) is 0 Å². The van der Waals surface area contributed by atoms with Crippen LogP contribution < -0.4 is 10.6 Å². The molecule has 1 aliphatic carbocycles. The van der Waals surface area contributed by atoms with Crippen LogP contribution in [0.5, 0.6) is 0 Å². The molecular weight excluding hydrogens is 264 g/mol. The molecule has 114 valence electrons. The molecule has 4 nitrogen and oxygen atoms in total. The molecule has 1 aliphatic heterocycles. The summed E-state index contributed by atoms with van der Waals surface area (Å²) in [5, 5.41) is 16.8. The molecule has 2 unspecified atom stereocenters. The molecule has 0 saturated heterocycles. The summed E-state index contributed by atoms with van der Waals surface area (Å²) in [4.78, 5) is 12.3. The minimum atomic E-state index is -0.731. The van der Waals surface area contributed by atoms with Crippen LogP contribution in [0.25, 0.3) is 0 Å². The second-order valence-electron chi connectivity index (χ2n) is 6.66. The lowest BCUT2D eigenvalue weighted by molar-refractivity contribution is -0.0109. The quantitative estimate of drug-likeness (QED) is 0.800. The highest BCUT2D eigenvalue weighted by Gasteiger charge is 2.32. The van der Waals surface area contributed by atoms with E-state index in [0.29, 0.717) is 18.0 Å². The summed E-state index contributed by atoms with van der Waals surface area (Å²) in [7, 11) is 0. The fourth-order valence-electron chi connectivity index (χ4n) is 3.59. The van der Waals surface area contributed by atoms with E-state index < -0.39 is 5.60 Å². The Balaban J connectivity index is 1.61. The van der Waals surface area contributed by atoms with Crippen molar-refractivity contribution in [2.24, 2.45) is 5.92 Å². The third-order valence-corrected chi connectivity index (χ3v) is 4.72. The predicted octanol–water partition coefficient (Wildman–Crippen LogP) is 2.33. The van der Waals surface area contributed by atoms with Gasteiger partial charge in [-0.25, -0.2) is 0 Å². The highest BCUT2D eigenvalue weighted by atomic mass is 16.3. The Labute approximate surface area is 125 Å². The van der Waals surface area contributed by atoms with E-state index in [1.165, 1.54) is 12.0 Å². The van der Waals surface area contributed by atoms with E-state index in [1.807, 2.05) is 18.2 Å². The van der Waals surface area contributed by atoms with Gasteiger partial charge in [0, 0.05) is 24.3 Å². The lowest BCUT2D eigenvalue weighted by Crippen LogP contribution is -2.45. The van der Waals surface area contributed by atoms with Crippen molar-refractivity contribution in [3.8, 4) is 0 Å². The highest BCUT2D eigenvalue weighted by molar-refractivity contribution is 5.95. The van der Waals surface area contributed by atoms with Crippen molar-refractivity contribution in [1.82, 2.24) is 5.32 Å². The number of nitrogens with one attached hydrogen (secondary N) is 2. The monoisotopic (exact) mass is 288 g/mol. The number of amides is 1. The summed E-state index contributed by atoms with van der Waals surface area (Å²) in [5.74, 6) is 0.447. The minimum absolute atomic E-state index is 0.0867. The van der Waals surface area contributed by atoms with Crippen molar-refractivity contribution in [1.29, 1.82) is 0 Å². The molecule has 1 aromatic rings. The van der Waals surface area contributed by atoms with Gasteiger partial charge in [-0.05, 0) is 48.9 Å². The first-order valence-electron chi connectivity index (χ1n) is 7.93. The van der Waals surface area contributed by atoms with E-state index in [1.54, 1.807) is 0 Å². The standard InChI is InChI=1S/C17H24N2O2/c1-12-3-2-7-17(21,10-12)11-19-16(20)14-4-5-15-13(9-14)6-8-18-15/h4-5,9,12,18,21H,2-3,6-8,10-11H2,1H3,(H,19,20). The number of benzene rings is 1. The van der Waals surface area contributed by atoms with Crippen LogP contribution in [0.1, 0.15) is 48.5 Å². The fraction of sp³-hybridized carbons (Fsp3) is 0.588. The molecule has 0 spiro atoms. The predicted molar refractivity (Wildman–Crippen MR) is 83.6 cm³/mol. The smallest absolute Gasteiger partial charge is 0.251 e. The fourth-order valence-corrected chi connectivity index (χ4v) is 3.59. The van der Waals surface area contributed by atoms with Crippen molar-refractivity contribution in [3.63, 3.8) is 0 Å². The van der Waals surface area contributed by atoms with Gasteiger partial charge in [0.25, 0.3) is 5.91 Å². The molecule has 3 N–H and O–H groups in total. The highest BCUT2D eigenvalue weighted by Crippen LogP contribution is 2.31. The van der Waals surface area contributed by atoms with Gasteiger partial charge in [0.05, 0.1) is 5.60 Å². The van der Waals surface area contributed by atoms with Gasteiger partial charge in [0.15, 0.2) is 0 Å². The number of carbonyl (C=O) groups is 1. The van der Waals surface area contributed by atoms with Crippen molar-refractivity contribution in [2.75, 3.05) is 18.4 Å². The molecule has 0 bridgehead atoms. The van der Waals surface area contributed by atoms with Crippen LogP contribution in [0.4, 0.5) is 5.69 Å². The normalized spacial score (nSPS) is 27.8. The van der Waals surface area contributed by atoms with Crippen molar-refractivity contribution in [2.45, 2.75) is 44.6 Å². The Morgan fingerprint density at radius 3 is 3.19 bits per heavy atom. The van der Waals surface area contributed by atoms with Gasteiger partial charge < -0.3 is 15.7 Å². The van der Waals surface area contributed by atoms with Crippen molar-refractivity contribution >= 4 is 11.6 Å². The molecule has 1 saturated carbocycles. The number of hydrogen-bond donors (Lipinski definition) is 3. The molecule has 21 heavy (non-hydrogen) atoms. The molecule has 4 heteroatoms. The lowest BCUT2D eigenvalue weighted by Gasteiger charge is -2.35. The zero-order chi connectivity index (χ0) is 14.9. The van der Waals surface area contributed by atoms with Crippen LogP contribution in [0.3, 0.4) is 0 Å². The minimum Gasteiger partial charge on any atom is -0.388 e. The van der Waals surface area contributed by atoms with Gasteiger partial charge in [0.2, 0.25) is 0 Å². The van der Waals surface area contributed by atoms with Crippen LogP contribution in [0.2, 0.25) is 0 Å². The molecule has 1 aromatic carbocycles. The van der Waals surface area contributed by atoms with E-state index in [2.05, 4.69) is 17.6 Å². The maximum Gasteiger partial charge on any atom is 0.251 e. The number of rotatable bonds is 3. The van der Waals surface area contributed by atoms with Gasteiger partial charge in [-0.15, -0.1) is 0 Å². The molecular formula is C17H24N2O2. The molecule has 2 atom stereocenters. The molecule has 1 amide bonds. The SMILES string of the molecule is CC1CCCC(O)(CNC(=O)c2ccc3c(c2)CCN3)C1. The van der Waals surface area contributed by atoms with E-state index in [4.69, 9.17) is 0 Å². The lowest BCUT2D eigenvalue weighted by atomic mass is 9.79. The first kappa shape index (κ1) is 14.4. The van der Waals surface area contributed by atoms with Crippen LogP contribution in [-0.2, 0) is 6.42 Å². The van der Waals surface area contributed by atoms with Crippen molar-refractivity contribution in [3.05, 3.63) is 29.3 Å². The zero-order valence-corrected chi connectivity index (χ0v) is 12.6. The topological polar surface area (TPSA) is 61.4 Å². The number of fused-ring (bicyclic) bond motifs is 1. The van der Waals surface area contributed by atoms with Gasteiger partial charge in [0.1, 0.15) is 0 Å². The summed E-state index contributed by atoms with van der Waals surface area (Å²) in [6.45, 7) is 3.46. The molecule has 1 fully saturated rings. The van der Waals surface area contributed by atoms with E-state index in [-0.39, 0.29) is 5.91 Å². The Bertz CT molecular complexity index is 544. The molecule has 1 heterocycles. The molecule has 0 radical (unpaired) electrons. The van der Waals surface area contributed by atoms with Crippen LogP contribution in [0, 0.1) is 5.92 Å². The van der Waals surface area contributed by atoms with Gasteiger partial charge in [-0.3, -0.25) is 4.79 Å². The van der Waals surface area contributed by atoms with Gasteiger partial charge in [-0.1, -0.05) is 19.8 Å². The summed E-state index contributed by atoms with van der Waals surface area (Å²) in [6.07, 6.45) is 4.75. The first-order chi connectivity index (χ1) is 10.1. The largest absolute Gasteiger partial charge is 0.388 e. The van der Waals surface area contributed by atoms with E-state index in [0.717, 1.165) is 37.9 Å². The van der Waals surface area contributed by atoms with Gasteiger partial charge >= 0.3 is 0 Å². The molecule has 2 aliphatic rings. The Kier molecular flexibility index (Phi) is 3.89. The summed E-state index contributed by atoms with van der Waals surface area (Å²) >= 11 is 0. The third kappa shape index (κ3) is 3.21. The average Bonchev–Trinajstić information content (AvgIpc) is 2.92. The Hall–Kier alpha value is -1.55. The van der Waals surface area contributed by atoms with Crippen LogP contribution in [-0.4, -0.2) is 29.7 Å². The zero-order valence-electron chi connectivity index (χ0n) is 12.6. The Morgan fingerprint density at radius 2 is 2.38 bits per heavy atom. The average molecular weight is 288 g/mol.